The minimum absolute atomic E-state index is 0.280. The minimum Gasteiger partial charge on any atom is -0.313 e. The number of hydrogen-bond donors (Lipinski definition) is 1. The van der Waals surface area contributed by atoms with Crippen LogP contribution in [0.15, 0.2) is 36.4 Å². The average molecular weight is 280 g/mol. The number of rotatable bonds is 5. The van der Waals surface area contributed by atoms with Crippen LogP contribution < -0.4 is 5.32 Å². The van der Waals surface area contributed by atoms with Crippen LogP contribution >= 0.6 is 22.9 Å². The van der Waals surface area contributed by atoms with Crippen molar-refractivity contribution in [2.75, 3.05) is 7.05 Å². The molecule has 1 atom stereocenters. The minimum atomic E-state index is 0.280. The summed E-state index contributed by atoms with van der Waals surface area (Å²) in [5, 5.41) is 4.19. The van der Waals surface area contributed by atoms with Crippen LogP contribution in [0.3, 0.4) is 0 Å². The third kappa shape index (κ3) is 3.14. The summed E-state index contributed by atoms with van der Waals surface area (Å²) in [7, 11) is 1.99. The van der Waals surface area contributed by atoms with Crippen molar-refractivity contribution in [3.8, 4) is 0 Å². The molecule has 0 aliphatic rings. The maximum absolute atomic E-state index is 6.26. The molecule has 0 bridgehead atoms. The predicted molar refractivity (Wildman–Crippen MR) is 80.7 cm³/mol. The van der Waals surface area contributed by atoms with Crippen LogP contribution in [0.1, 0.15) is 28.3 Å². The molecule has 0 aliphatic carbocycles. The molecule has 1 N–H and O–H groups in total. The van der Waals surface area contributed by atoms with Crippen LogP contribution in [0.25, 0.3) is 0 Å². The fourth-order valence-corrected chi connectivity index (χ4v) is 3.32. The second-order valence-corrected chi connectivity index (χ2v) is 5.95. The molecule has 1 nitrogen and oxygen atoms in total. The van der Waals surface area contributed by atoms with Gasteiger partial charge in [-0.1, -0.05) is 36.7 Å². The van der Waals surface area contributed by atoms with Crippen LogP contribution in [0, 0.1) is 0 Å². The normalized spacial score (nSPS) is 12.6. The van der Waals surface area contributed by atoms with E-state index in [2.05, 4.69) is 30.4 Å². The van der Waals surface area contributed by atoms with Crippen molar-refractivity contribution in [2.24, 2.45) is 0 Å². The Bertz CT molecular complexity index is 507. The molecular weight excluding hydrogens is 262 g/mol. The smallest absolute Gasteiger partial charge is 0.0453 e. The van der Waals surface area contributed by atoms with Gasteiger partial charge in [-0.2, -0.15) is 0 Å². The highest BCUT2D eigenvalue weighted by molar-refractivity contribution is 7.11. The molecule has 0 spiro atoms. The largest absolute Gasteiger partial charge is 0.313 e. The second kappa shape index (κ2) is 6.37. The summed E-state index contributed by atoms with van der Waals surface area (Å²) in [6.07, 6.45) is 2.10. The molecule has 0 saturated heterocycles. The topological polar surface area (TPSA) is 12.0 Å². The number of aryl methyl sites for hydroxylation is 1. The van der Waals surface area contributed by atoms with E-state index in [4.69, 9.17) is 11.6 Å². The lowest BCUT2D eigenvalue weighted by atomic mass is 10.0. The number of benzene rings is 1. The maximum atomic E-state index is 6.26. The first-order valence-corrected chi connectivity index (χ1v) is 7.43. The fraction of sp³-hybridized carbons (Fsp3) is 0.333. The highest BCUT2D eigenvalue weighted by atomic mass is 35.5. The van der Waals surface area contributed by atoms with E-state index in [1.165, 1.54) is 15.3 Å². The SMILES string of the molecule is CCc1ccc(CC(NC)c2ccccc2Cl)s1. The molecule has 0 saturated carbocycles. The Kier molecular flexibility index (Phi) is 4.81. The van der Waals surface area contributed by atoms with Gasteiger partial charge in [-0.05, 0) is 37.2 Å². The van der Waals surface area contributed by atoms with Crippen molar-refractivity contribution in [1.29, 1.82) is 0 Å². The van der Waals surface area contributed by atoms with E-state index < -0.39 is 0 Å². The van der Waals surface area contributed by atoms with E-state index in [0.29, 0.717) is 0 Å². The van der Waals surface area contributed by atoms with Gasteiger partial charge in [-0.25, -0.2) is 0 Å². The third-order valence-corrected chi connectivity index (χ3v) is 4.70. The summed E-state index contributed by atoms with van der Waals surface area (Å²) in [4.78, 5) is 2.85. The number of halogens is 1. The Balaban J connectivity index is 2.17. The van der Waals surface area contributed by atoms with E-state index in [1.54, 1.807) is 0 Å². The Labute approximate surface area is 118 Å². The van der Waals surface area contributed by atoms with Crippen molar-refractivity contribution in [3.63, 3.8) is 0 Å². The maximum Gasteiger partial charge on any atom is 0.0453 e. The molecule has 1 heterocycles. The van der Waals surface area contributed by atoms with Gasteiger partial charge in [0.1, 0.15) is 0 Å². The highest BCUT2D eigenvalue weighted by Crippen LogP contribution is 2.28. The number of nitrogens with one attached hydrogen (secondary N) is 1. The van der Waals surface area contributed by atoms with Crippen molar-refractivity contribution in [1.82, 2.24) is 5.32 Å². The Morgan fingerprint density at radius 2 is 1.89 bits per heavy atom. The Morgan fingerprint density at radius 3 is 2.50 bits per heavy atom. The van der Waals surface area contributed by atoms with Crippen LogP contribution in [0.4, 0.5) is 0 Å². The van der Waals surface area contributed by atoms with Gasteiger partial charge in [-0.3, -0.25) is 0 Å². The quantitative estimate of drug-likeness (QED) is 0.852. The number of likely N-dealkylation sites (N-methyl/N-ethyl adjacent to an activating group) is 1. The fourth-order valence-electron chi connectivity index (χ4n) is 2.05. The summed E-state index contributed by atoms with van der Waals surface area (Å²) in [5.41, 5.74) is 1.17. The van der Waals surface area contributed by atoms with Crippen LogP contribution in [-0.4, -0.2) is 7.05 Å². The van der Waals surface area contributed by atoms with Gasteiger partial charge >= 0.3 is 0 Å². The van der Waals surface area contributed by atoms with Gasteiger partial charge in [0.15, 0.2) is 0 Å². The summed E-state index contributed by atoms with van der Waals surface area (Å²) in [6.45, 7) is 2.19. The van der Waals surface area contributed by atoms with E-state index >= 15 is 0 Å². The van der Waals surface area contributed by atoms with Crippen molar-refractivity contribution >= 4 is 22.9 Å². The zero-order valence-electron chi connectivity index (χ0n) is 10.7. The molecule has 0 fully saturated rings. The number of hydrogen-bond acceptors (Lipinski definition) is 2. The van der Waals surface area contributed by atoms with E-state index in [1.807, 2.05) is 36.6 Å². The summed E-state index contributed by atoms with van der Waals surface area (Å²) in [6, 6.07) is 12.8. The predicted octanol–water partition coefficient (Wildman–Crippen LogP) is 4.47. The van der Waals surface area contributed by atoms with E-state index in [0.717, 1.165) is 17.9 Å². The zero-order chi connectivity index (χ0) is 13.0. The summed E-state index contributed by atoms with van der Waals surface area (Å²) >= 11 is 8.15. The van der Waals surface area contributed by atoms with Gasteiger partial charge in [0.25, 0.3) is 0 Å². The highest BCUT2D eigenvalue weighted by Gasteiger charge is 2.14. The van der Waals surface area contributed by atoms with Crippen molar-refractivity contribution in [3.05, 3.63) is 56.7 Å². The van der Waals surface area contributed by atoms with E-state index in [-0.39, 0.29) is 6.04 Å². The van der Waals surface area contributed by atoms with Gasteiger partial charge in [0, 0.05) is 27.2 Å². The van der Waals surface area contributed by atoms with Crippen molar-refractivity contribution in [2.45, 2.75) is 25.8 Å². The van der Waals surface area contributed by atoms with Crippen molar-refractivity contribution < 1.29 is 0 Å². The molecule has 1 unspecified atom stereocenters. The zero-order valence-corrected chi connectivity index (χ0v) is 12.3. The molecule has 96 valence electrons. The van der Waals surface area contributed by atoms with Crippen LogP contribution in [0.5, 0.6) is 0 Å². The first-order chi connectivity index (χ1) is 8.74. The first-order valence-electron chi connectivity index (χ1n) is 6.24. The Hall–Kier alpha value is -0.830. The first kappa shape index (κ1) is 13.6. The Morgan fingerprint density at radius 1 is 1.17 bits per heavy atom. The van der Waals surface area contributed by atoms with E-state index in [9.17, 15) is 0 Å². The van der Waals surface area contributed by atoms with Gasteiger partial charge in [0.2, 0.25) is 0 Å². The van der Waals surface area contributed by atoms with Gasteiger partial charge < -0.3 is 5.32 Å². The lowest BCUT2D eigenvalue weighted by Crippen LogP contribution is -2.18. The molecule has 2 aromatic rings. The molecule has 2 rings (SSSR count). The lowest BCUT2D eigenvalue weighted by molar-refractivity contribution is 0.597. The molecule has 0 radical (unpaired) electrons. The molecule has 0 amide bonds. The summed E-state index contributed by atoms with van der Waals surface area (Å²) in [5.74, 6) is 0. The standard InChI is InChI=1S/C15H18ClNS/c1-3-11-8-9-12(18-11)10-15(17-2)13-6-4-5-7-14(13)16/h4-9,15,17H,3,10H2,1-2H3. The molecular formula is C15H18ClNS. The van der Waals surface area contributed by atoms with Gasteiger partial charge in [0.05, 0.1) is 0 Å². The average Bonchev–Trinajstić information content (AvgIpc) is 2.85. The second-order valence-electron chi connectivity index (χ2n) is 4.29. The molecule has 3 heteroatoms. The molecule has 0 aliphatic heterocycles. The molecule has 1 aromatic carbocycles. The number of thiophene rings is 1. The monoisotopic (exact) mass is 279 g/mol. The van der Waals surface area contributed by atoms with Crippen LogP contribution in [-0.2, 0) is 12.8 Å². The molecule has 1 aromatic heterocycles. The van der Waals surface area contributed by atoms with Gasteiger partial charge in [-0.15, -0.1) is 11.3 Å². The lowest BCUT2D eigenvalue weighted by Gasteiger charge is -2.17. The molecule has 18 heavy (non-hydrogen) atoms. The van der Waals surface area contributed by atoms with Crippen LogP contribution in [0.2, 0.25) is 5.02 Å². The third-order valence-electron chi connectivity index (χ3n) is 3.10. The summed E-state index contributed by atoms with van der Waals surface area (Å²) < 4.78 is 0.